The standard InChI is InChI=1S/C11H22N2O3/c1-8(2)12-4-11(15)13-5-9(3)16-10(6-13)7-14/h8-10,12,14H,4-7H2,1-3H3. The summed E-state index contributed by atoms with van der Waals surface area (Å²) in [6.07, 6.45) is -0.249. The van der Waals surface area contributed by atoms with Crippen molar-refractivity contribution in [3.8, 4) is 0 Å². The Morgan fingerprint density at radius 2 is 2.25 bits per heavy atom. The Balaban J connectivity index is 2.42. The summed E-state index contributed by atoms with van der Waals surface area (Å²) in [4.78, 5) is 13.6. The maximum Gasteiger partial charge on any atom is 0.236 e. The second kappa shape index (κ2) is 6.18. The number of morpholine rings is 1. The highest BCUT2D eigenvalue weighted by Gasteiger charge is 2.27. The molecule has 94 valence electrons. The van der Waals surface area contributed by atoms with Crippen LogP contribution in [0.3, 0.4) is 0 Å². The number of hydrogen-bond acceptors (Lipinski definition) is 4. The molecule has 0 spiro atoms. The largest absolute Gasteiger partial charge is 0.394 e. The lowest BCUT2D eigenvalue weighted by Crippen LogP contribution is -2.52. The van der Waals surface area contributed by atoms with Crippen molar-refractivity contribution in [3.63, 3.8) is 0 Å². The van der Waals surface area contributed by atoms with Crippen molar-refractivity contribution >= 4 is 5.91 Å². The number of carbonyl (C=O) groups is 1. The fourth-order valence-corrected chi connectivity index (χ4v) is 1.75. The Hall–Kier alpha value is -0.650. The van der Waals surface area contributed by atoms with Gasteiger partial charge in [0.25, 0.3) is 0 Å². The van der Waals surface area contributed by atoms with Gasteiger partial charge in [0.05, 0.1) is 25.4 Å². The average molecular weight is 230 g/mol. The molecule has 2 N–H and O–H groups in total. The monoisotopic (exact) mass is 230 g/mol. The summed E-state index contributed by atoms with van der Waals surface area (Å²) in [5.74, 6) is 0.0716. The summed E-state index contributed by atoms with van der Waals surface area (Å²) >= 11 is 0. The summed E-state index contributed by atoms with van der Waals surface area (Å²) in [7, 11) is 0. The van der Waals surface area contributed by atoms with Crippen LogP contribution in [0, 0.1) is 0 Å². The normalized spacial score (nSPS) is 26.2. The van der Waals surface area contributed by atoms with Crippen molar-refractivity contribution in [1.82, 2.24) is 10.2 Å². The average Bonchev–Trinajstić information content (AvgIpc) is 2.24. The van der Waals surface area contributed by atoms with Gasteiger partial charge in [-0.25, -0.2) is 0 Å². The van der Waals surface area contributed by atoms with Gasteiger partial charge in [0, 0.05) is 19.1 Å². The van der Waals surface area contributed by atoms with Crippen molar-refractivity contribution in [2.45, 2.75) is 39.0 Å². The minimum absolute atomic E-state index is 0.00565. The number of amides is 1. The zero-order valence-electron chi connectivity index (χ0n) is 10.3. The molecule has 16 heavy (non-hydrogen) atoms. The van der Waals surface area contributed by atoms with Gasteiger partial charge >= 0.3 is 0 Å². The highest BCUT2D eigenvalue weighted by molar-refractivity contribution is 5.78. The first-order chi connectivity index (χ1) is 7.52. The molecule has 1 amide bonds. The molecular weight excluding hydrogens is 208 g/mol. The fourth-order valence-electron chi connectivity index (χ4n) is 1.75. The number of aliphatic hydroxyl groups excluding tert-OH is 1. The van der Waals surface area contributed by atoms with E-state index in [9.17, 15) is 4.79 Å². The molecular formula is C11H22N2O3. The van der Waals surface area contributed by atoms with Crippen LogP contribution in [0.25, 0.3) is 0 Å². The molecule has 1 rings (SSSR count). The molecule has 0 saturated carbocycles. The Bertz CT molecular complexity index is 233. The van der Waals surface area contributed by atoms with Crippen LogP contribution in [-0.2, 0) is 9.53 Å². The number of nitrogens with one attached hydrogen (secondary N) is 1. The Morgan fingerprint density at radius 3 is 2.81 bits per heavy atom. The predicted molar refractivity (Wildman–Crippen MR) is 61.1 cm³/mol. The highest BCUT2D eigenvalue weighted by atomic mass is 16.5. The summed E-state index contributed by atoms with van der Waals surface area (Å²) < 4.78 is 5.48. The van der Waals surface area contributed by atoms with Crippen molar-refractivity contribution in [2.75, 3.05) is 26.2 Å². The summed E-state index contributed by atoms with van der Waals surface area (Å²) in [5, 5.41) is 12.1. The second-order valence-electron chi connectivity index (χ2n) is 4.59. The van der Waals surface area contributed by atoms with Crippen LogP contribution in [0.5, 0.6) is 0 Å². The highest BCUT2D eigenvalue weighted by Crippen LogP contribution is 2.10. The van der Waals surface area contributed by atoms with Crippen LogP contribution in [0.2, 0.25) is 0 Å². The maximum absolute atomic E-state index is 11.8. The Kier molecular flexibility index (Phi) is 5.18. The lowest BCUT2D eigenvalue weighted by molar-refractivity contribution is -0.146. The summed E-state index contributed by atoms with van der Waals surface area (Å²) in [6, 6.07) is 0.302. The van der Waals surface area contributed by atoms with E-state index in [0.29, 0.717) is 25.7 Å². The third kappa shape index (κ3) is 4.08. The molecule has 5 nitrogen and oxygen atoms in total. The first-order valence-corrected chi connectivity index (χ1v) is 5.80. The van der Waals surface area contributed by atoms with Crippen LogP contribution >= 0.6 is 0 Å². The minimum Gasteiger partial charge on any atom is -0.394 e. The maximum atomic E-state index is 11.8. The lowest BCUT2D eigenvalue weighted by atomic mass is 10.2. The van der Waals surface area contributed by atoms with Gasteiger partial charge in [0.1, 0.15) is 0 Å². The molecule has 1 aliphatic heterocycles. The quantitative estimate of drug-likeness (QED) is 0.689. The van der Waals surface area contributed by atoms with Gasteiger partial charge in [-0.2, -0.15) is 0 Å². The van der Waals surface area contributed by atoms with E-state index in [2.05, 4.69) is 5.32 Å². The van der Waals surface area contributed by atoms with Crippen LogP contribution in [-0.4, -0.2) is 60.4 Å². The number of carbonyl (C=O) groups excluding carboxylic acids is 1. The van der Waals surface area contributed by atoms with Gasteiger partial charge < -0.3 is 20.1 Å². The third-order valence-corrected chi connectivity index (χ3v) is 2.54. The number of aliphatic hydroxyl groups is 1. The van der Waals surface area contributed by atoms with E-state index in [-0.39, 0.29) is 24.7 Å². The van der Waals surface area contributed by atoms with E-state index in [0.717, 1.165) is 0 Å². The van der Waals surface area contributed by atoms with Crippen molar-refractivity contribution < 1.29 is 14.6 Å². The minimum atomic E-state index is -0.244. The lowest BCUT2D eigenvalue weighted by Gasteiger charge is -2.36. The van der Waals surface area contributed by atoms with Gasteiger partial charge in [-0.3, -0.25) is 4.79 Å². The molecule has 1 heterocycles. The molecule has 0 aliphatic carbocycles. The fraction of sp³-hybridized carbons (Fsp3) is 0.909. The molecule has 1 saturated heterocycles. The van der Waals surface area contributed by atoms with Gasteiger partial charge in [-0.1, -0.05) is 13.8 Å². The van der Waals surface area contributed by atoms with Crippen LogP contribution in [0.15, 0.2) is 0 Å². The zero-order valence-corrected chi connectivity index (χ0v) is 10.3. The van der Waals surface area contributed by atoms with Crippen LogP contribution in [0.1, 0.15) is 20.8 Å². The van der Waals surface area contributed by atoms with Crippen LogP contribution in [0.4, 0.5) is 0 Å². The molecule has 0 aromatic rings. The number of ether oxygens (including phenoxy) is 1. The number of rotatable bonds is 4. The van der Waals surface area contributed by atoms with Gasteiger partial charge in [-0.15, -0.1) is 0 Å². The Morgan fingerprint density at radius 1 is 1.56 bits per heavy atom. The van der Waals surface area contributed by atoms with Gasteiger partial charge in [0.15, 0.2) is 0 Å². The third-order valence-electron chi connectivity index (χ3n) is 2.54. The predicted octanol–water partition coefficient (Wildman–Crippen LogP) is -0.407. The topological polar surface area (TPSA) is 61.8 Å². The summed E-state index contributed by atoms with van der Waals surface area (Å²) in [5.41, 5.74) is 0. The molecule has 0 aromatic heterocycles. The Labute approximate surface area is 96.8 Å². The molecule has 1 aliphatic rings. The van der Waals surface area contributed by atoms with E-state index in [4.69, 9.17) is 9.84 Å². The van der Waals surface area contributed by atoms with E-state index < -0.39 is 0 Å². The van der Waals surface area contributed by atoms with Crippen molar-refractivity contribution in [3.05, 3.63) is 0 Å². The van der Waals surface area contributed by atoms with E-state index in [1.165, 1.54) is 0 Å². The molecule has 0 aromatic carbocycles. The molecule has 2 unspecified atom stereocenters. The molecule has 0 radical (unpaired) electrons. The number of hydrogen-bond donors (Lipinski definition) is 2. The molecule has 1 fully saturated rings. The van der Waals surface area contributed by atoms with E-state index >= 15 is 0 Å². The first kappa shape index (κ1) is 13.4. The molecule has 0 bridgehead atoms. The zero-order chi connectivity index (χ0) is 12.1. The molecule has 2 atom stereocenters. The SMILES string of the molecule is CC(C)NCC(=O)N1CC(C)OC(CO)C1. The summed E-state index contributed by atoms with van der Waals surface area (Å²) in [6.45, 7) is 7.33. The van der Waals surface area contributed by atoms with E-state index in [1.54, 1.807) is 4.90 Å². The van der Waals surface area contributed by atoms with Crippen molar-refractivity contribution in [2.24, 2.45) is 0 Å². The van der Waals surface area contributed by atoms with Crippen molar-refractivity contribution in [1.29, 1.82) is 0 Å². The van der Waals surface area contributed by atoms with E-state index in [1.807, 2.05) is 20.8 Å². The first-order valence-electron chi connectivity index (χ1n) is 5.80. The van der Waals surface area contributed by atoms with Crippen LogP contribution < -0.4 is 5.32 Å². The van der Waals surface area contributed by atoms with Gasteiger partial charge in [-0.05, 0) is 6.92 Å². The van der Waals surface area contributed by atoms with Gasteiger partial charge in [0.2, 0.25) is 5.91 Å². The smallest absolute Gasteiger partial charge is 0.236 e. The molecule has 5 heteroatoms. The second-order valence-corrected chi connectivity index (χ2v) is 4.59. The number of nitrogens with zero attached hydrogens (tertiary/aromatic N) is 1.